The number of fused-ring (bicyclic) bond motifs is 2. The summed E-state index contributed by atoms with van der Waals surface area (Å²) < 4.78 is 26.8. The monoisotopic (exact) mass is 586 g/mol. The minimum absolute atomic E-state index is 0.110. The number of aromatic nitrogens is 2. The van der Waals surface area contributed by atoms with E-state index >= 15 is 0 Å². The number of hydrogen-bond donors (Lipinski definition) is 0. The topological polar surface area (TPSA) is 94.8 Å². The van der Waals surface area contributed by atoms with Gasteiger partial charge in [0.25, 0.3) is 5.91 Å². The van der Waals surface area contributed by atoms with E-state index in [4.69, 9.17) is 19.4 Å². The molecule has 10 heteroatoms. The SMILES string of the molecule is Cc1cccc2cccc(C3Cc4nc(OC[C@@H]5CCCN5C)nc(N5CCN(C(=O)C(C)F)[C@@H](CC#N)C5)c4CO3)c12. The molecule has 3 aliphatic rings. The number of carbonyl (C=O) groups excluding carboxylic acids is 1. The highest BCUT2D eigenvalue weighted by molar-refractivity contribution is 5.89. The van der Waals surface area contributed by atoms with E-state index in [1.807, 2.05) is 0 Å². The molecule has 4 heterocycles. The number of ether oxygens (including phenoxy) is 2. The first kappa shape index (κ1) is 29.3. The van der Waals surface area contributed by atoms with Crippen molar-refractivity contribution in [1.82, 2.24) is 19.8 Å². The van der Waals surface area contributed by atoms with Gasteiger partial charge in [-0.3, -0.25) is 4.79 Å². The maximum absolute atomic E-state index is 14.0. The molecule has 1 amide bonds. The lowest BCUT2D eigenvalue weighted by Gasteiger charge is -2.42. The first-order valence-corrected chi connectivity index (χ1v) is 15.2. The van der Waals surface area contributed by atoms with Crippen LogP contribution in [0.3, 0.4) is 0 Å². The molecule has 2 saturated heterocycles. The average Bonchev–Trinajstić information content (AvgIpc) is 3.43. The van der Waals surface area contributed by atoms with Crippen molar-refractivity contribution in [1.29, 1.82) is 5.26 Å². The first-order valence-electron chi connectivity index (χ1n) is 15.2. The molecule has 0 radical (unpaired) electrons. The van der Waals surface area contributed by atoms with E-state index in [1.165, 1.54) is 28.2 Å². The lowest BCUT2D eigenvalue weighted by Crippen LogP contribution is -2.57. The predicted octanol–water partition coefficient (Wildman–Crippen LogP) is 4.51. The fraction of sp³-hybridized carbons (Fsp3) is 0.515. The van der Waals surface area contributed by atoms with Crippen molar-refractivity contribution >= 4 is 22.5 Å². The van der Waals surface area contributed by atoms with E-state index in [9.17, 15) is 14.4 Å². The summed E-state index contributed by atoms with van der Waals surface area (Å²) in [6, 6.07) is 15.0. The average molecular weight is 587 g/mol. The number of anilines is 1. The maximum Gasteiger partial charge on any atom is 0.318 e. The van der Waals surface area contributed by atoms with Crippen molar-refractivity contribution in [3.8, 4) is 12.1 Å². The van der Waals surface area contributed by atoms with Crippen LogP contribution in [0, 0.1) is 18.3 Å². The van der Waals surface area contributed by atoms with Gasteiger partial charge in [0.05, 0.1) is 36.9 Å². The zero-order chi connectivity index (χ0) is 30.1. The molecule has 0 aliphatic carbocycles. The Labute approximate surface area is 252 Å². The van der Waals surface area contributed by atoms with Gasteiger partial charge in [-0.2, -0.15) is 15.2 Å². The number of rotatable bonds is 7. The molecule has 2 fully saturated rings. The fourth-order valence-electron chi connectivity index (χ4n) is 6.79. The second-order valence-electron chi connectivity index (χ2n) is 12.0. The molecule has 4 atom stereocenters. The number of alkyl halides is 1. The Morgan fingerprint density at radius 2 is 2.00 bits per heavy atom. The van der Waals surface area contributed by atoms with E-state index < -0.39 is 18.1 Å². The van der Waals surface area contributed by atoms with Crippen LogP contribution in [0.1, 0.15) is 54.7 Å². The zero-order valence-electron chi connectivity index (χ0n) is 25.1. The van der Waals surface area contributed by atoms with E-state index in [1.54, 1.807) is 0 Å². The van der Waals surface area contributed by atoms with E-state index in [2.05, 4.69) is 66.2 Å². The third-order valence-electron chi connectivity index (χ3n) is 9.16. The Balaban J connectivity index is 1.33. The molecule has 43 heavy (non-hydrogen) atoms. The third kappa shape index (κ3) is 5.89. The summed E-state index contributed by atoms with van der Waals surface area (Å²) >= 11 is 0. The number of halogens is 1. The number of hydrogen-bond acceptors (Lipinski definition) is 8. The lowest BCUT2D eigenvalue weighted by molar-refractivity contribution is -0.138. The van der Waals surface area contributed by atoms with E-state index in [-0.39, 0.29) is 12.5 Å². The highest BCUT2D eigenvalue weighted by atomic mass is 19.1. The van der Waals surface area contributed by atoms with Crippen molar-refractivity contribution < 1.29 is 18.7 Å². The first-order chi connectivity index (χ1) is 20.8. The van der Waals surface area contributed by atoms with Gasteiger partial charge in [0.1, 0.15) is 12.4 Å². The van der Waals surface area contributed by atoms with Crippen molar-refractivity contribution in [2.24, 2.45) is 0 Å². The van der Waals surface area contributed by atoms with Gasteiger partial charge < -0.3 is 24.2 Å². The summed E-state index contributed by atoms with van der Waals surface area (Å²) in [5.41, 5.74) is 4.12. The number of amides is 1. The number of carbonyl (C=O) groups is 1. The van der Waals surface area contributed by atoms with Gasteiger partial charge in [0.15, 0.2) is 6.17 Å². The molecule has 0 bridgehead atoms. The molecular formula is C33H39FN6O3. The van der Waals surface area contributed by atoms with Gasteiger partial charge in [0.2, 0.25) is 0 Å². The maximum atomic E-state index is 14.0. The molecule has 0 spiro atoms. The molecule has 9 nitrogen and oxygen atoms in total. The zero-order valence-corrected chi connectivity index (χ0v) is 25.1. The summed E-state index contributed by atoms with van der Waals surface area (Å²) in [7, 11) is 2.11. The van der Waals surface area contributed by atoms with Crippen LogP contribution in [0.15, 0.2) is 36.4 Å². The van der Waals surface area contributed by atoms with Crippen molar-refractivity contribution in [3.05, 3.63) is 58.8 Å². The summed E-state index contributed by atoms with van der Waals surface area (Å²) in [6.07, 6.45) is 1.10. The van der Waals surface area contributed by atoms with Gasteiger partial charge in [0, 0.05) is 37.7 Å². The van der Waals surface area contributed by atoms with Crippen LogP contribution in [0.5, 0.6) is 6.01 Å². The van der Waals surface area contributed by atoms with Gasteiger partial charge >= 0.3 is 6.01 Å². The summed E-state index contributed by atoms with van der Waals surface area (Å²) in [5, 5.41) is 11.9. The van der Waals surface area contributed by atoms with Gasteiger partial charge in [-0.05, 0) is 62.2 Å². The molecule has 2 aromatic carbocycles. The number of benzene rings is 2. The number of likely N-dealkylation sites (N-methyl/N-ethyl adjacent to an activating group) is 1. The Hall–Kier alpha value is -3.81. The normalized spacial score (nSPS) is 23.2. The molecule has 226 valence electrons. The quantitative estimate of drug-likeness (QED) is 0.399. The van der Waals surface area contributed by atoms with Gasteiger partial charge in [-0.25, -0.2) is 4.39 Å². The van der Waals surface area contributed by atoms with Crippen LogP contribution in [-0.2, 0) is 22.6 Å². The summed E-state index contributed by atoms with van der Waals surface area (Å²) in [6.45, 7) is 6.38. The Bertz CT molecular complexity index is 1540. The Morgan fingerprint density at radius 3 is 2.74 bits per heavy atom. The molecule has 1 aromatic heterocycles. The number of nitrogens with zero attached hydrogens (tertiary/aromatic N) is 6. The van der Waals surface area contributed by atoms with Crippen LogP contribution < -0.4 is 9.64 Å². The largest absolute Gasteiger partial charge is 0.462 e. The number of aryl methyl sites for hydroxylation is 1. The standard InChI is InChI=1S/C33H39FN6O3/c1-21-7-4-8-23-9-5-11-26(30(21)23)29-17-28-27(20-42-29)31(37-33(36-28)43-19-25-10-6-14-38(25)3)39-15-16-40(32(41)22(2)34)24(18-39)12-13-35/h4-5,7-9,11,22,24-25,29H,6,10,12,14-20H2,1-3H3/t22?,24-,25-,29?/m0/s1. The predicted molar refractivity (Wildman–Crippen MR) is 162 cm³/mol. The Kier molecular flexibility index (Phi) is 8.46. The molecule has 2 unspecified atom stereocenters. The summed E-state index contributed by atoms with van der Waals surface area (Å²) in [5.74, 6) is 0.126. The highest BCUT2D eigenvalue weighted by Gasteiger charge is 2.36. The van der Waals surface area contributed by atoms with Crippen molar-refractivity contribution in [3.63, 3.8) is 0 Å². The van der Waals surface area contributed by atoms with E-state index in [0.717, 1.165) is 36.2 Å². The Morgan fingerprint density at radius 1 is 1.19 bits per heavy atom. The van der Waals surface area contributed by atoms with Crippen molar-refractivity contribution in [2.75, 3.05) is 44.7 Å². The summed E-state index contributed by atoms with van der Waals surface area (Å²) in [4.78, 5) is 28.3. The molecule has 0 saturated carbocycles. The fourth-order valence-corrected chi connectivity index (χ4v) is 6.79. The van der Waals surface area contributed by atoms with Gasteiger partial charge in [-0.1, -0.05) is 36.4 Å². The van der Waals surface area contributed by atoms with Crippen LogP contribution in [-0.4, -0.2) is 83.8 Å². The molecule has 3 aromatic rings. The van der Waals surface area contributed by atoms with Crippen LogP contribution in [0.4, 0.5) is 10.2 Å². The lowest BCUT2D eigenvalue weighted by atomic mass is 9.92. The minimum Gasteiger partial charge on any atom is -0.462 e. The van der Waals surface area contributed by atoms with Crippen LogP contribution >= 0.6 is 0 Å². The number of likely N-dealkylation sites (tertiary alicyclic amines) is 1. The number of nitriles is 1. The third-order valence-corrected chi connectivity index (χ3v) is 9.16. The molecule has 3 aliphatic heterocycles. The highest BCUT2D eigenvalue weighted by Crippen LogP contribution is 2.38. The molecule has 0 N–H and O–H groups in total. The number of piperazine rings is 1. The minimum atomic E-state index is -1.61. The second kappa shape index (κ2) is 12.4. The molecular weight excluding hydrogens is 547 g/mol. The van der Waals surface area contributed by atoms with Crippen molar-refractivity contribution in [2.45, 2.75) is 70.5 Å². The van der Waals surface area contributed by atoms with Gasteiger partial charge in [-0.15, -0.1) is 0 Å². The van der Waals surface area contributed by atoms with E-state index in [0.29, 0.717) is 57.1 Å². The smallest absolute Gasteiger partial charge is 0.318 e. The van der Waals surface area contributed by atoms with Crippen LogP contribution in [0.25, 0.3) is 10.8 Å². The second-order valence-corrected chi connectivity index (χ2v) is 12.0. The van der Waals surface area contributed by atoms with Crippen LogP contribution in [0.2, 0.25) is 0 Å². The molecule has 6 rings (SSSR count).